The van der Waals surface area contributed by atoms with Crippen molar-refractivity contribution in [3.8, 4) is 5.75 Å². The van der Waals surface area contributed by atoms with Crippen LogP contribution in [-0.2, 0) is 0 Å². The summed E-state index contributed by atoms with van der Waals surface area (Å²) in [5.41, 5.74) is 5.28. The molecule has 0 spiro atoms. The second kappa shape index (κ2) is 5.64. The molecule has 0 amide bonds. The number of anilines is 1. The van der Waals surface area contributed by atoms with Crippen LogP contribution in [0.1, 0.15) is 47.8 Å². The molecule has 2 atom stereocenters. The molecular weight excluding hydrogens is 302 g/mol. The number of nitrogens with zero attached hydrogens (tertiary/aromatic N) is 1. The Kier molecular flexibility index (Phi) is 3.61. The fraction of sp³-hybridized carbons (Fsp3) is 0.350. The molecule has 0 N–H and O–H groups in total. The Morgan fingerprint density at radius 2 is 1.87 bits per heavy atom. The minimum Gasteiger partial charge on any atom is -0.432 e. The molecule has 1 saturated carbocycles. The van der Waals surface area contributed by atoms with Crippen LogP contribution in [0.25, 0.3) is 0 Å². The minimum atomic E-state index is 0.485. The maximum absolute atomic E-state index is 5.96. The molecule has 23 heavy (non-hydrogen) atoms. The average molecular weight is 323 g/mol. The molecule has 0 unspecified atom stereocenters. The van der Waals surface area contributed by atoms with Crippen LogP contribution in [0.3, 0.4) is 0 Å². The van der Waals surface area contributed by atoms with Crippen LogP contribution in [0.2, 0.25) is 0 Å². The van der Waals surface area contributed by atoms with E-state index in [1.54, 1.807) is 0 Å². The molecule has 2 aromatic carbocycles. The van der Waals surface area contributed by atoms with Crippen LogP contribution in [-0.4, -0.2) is 12.2 Å². The minimum absolute atomic E-state index is 0.485. The predicted octanol–water partition coefficient (Wildman–Crippen LogP) is 5.16. The molecule has 2 aromatic rings. The molecule has 0 aromatic heterocycles. The van der Waals surface area contributed by atoms with E-state index in [0.717, 1.165) is 23.3 Å². The van der Waals surface area contributed by atoms with Gasteiger partial charge in [-0.05, 0) is 91.2 Å². The van der Waals surface area contributed by atoms with Crippen molar-refractivity contribution >= 4 is 23.1 Å². The summed E-state index contributed by atoms with van der Waals surface area (Å²) in [5, 5.41) is 0.485. The van der Waals surface area contributed by atoms with Gasteiger partial charge in [-0.2, -0.15) is 0 Å². The largest absolute Gasteiger partial charge is 0.432 e. The van der Waals surface area contributed by atoms with E-state index in [1.807, 2.05) is 24.1 Å². The van der Waals surface area contributed by atoms with Gasteiger partial charge in [-0.25, -0.2) is 0 Å². The van der Waals surface area contributed by atoms with Crippen LogP contribution < -0.4 is 9.64 Å². The third kappa shape index (κ3) is 2.63. The van der Waals surface area contributed by atoms with Crippen molar-refractivity contribution in [2.75, 3.05) is 11.9 Å². The third-order valence-corrected chi connectivity index (χ3v) is 5.60. The molecular formula is C20H21NOS. The Balaban J connectivity index is 1.52. The molecule has 2 nitrogen and oxygen atoms in total. The second-order valence-corrected chi connectivity index (χ2v) is 7.11. The summed E-state index contributed by atoms with van der Waals surface area (Å²) in [6.07, 6.45) is 4.01. The van der Waals surface area contributed by atoms with Gasteiger partial charge in [-0.3, -0.25) is 0 Å². The smallest absolute Gasteiger partial charge is 0.269 e. The van der Waals surface area contributed by atoms with Crippen molar-refractivity contribution in [2.45, 2.75) is 38.0 Å². The standard InChI is InChI=1S/C20H21NOS/c1-13-4-3-5-16(10-13)21(2)20(23)22-17-8-9-18-14-6-7-15(11-14)19(18)12-17/h3-5,8-10,12,14-15H,6-7,11H2,1-2H3/t14-,15+/m0/s1. The van der Waals surface area contributed by atoms with E-state index in [-0.39, 0.29) is 0 Å². The van der Waals surface area contributed by atoms with Gasteiger partial charge in [0.2, 0.25) is 0 Å². The highest BCUT2D eigenvalue weighted by molar-refractivity contribution is 7.80. The summed E-state index contributed by atoms with van der Waals surface area (Å²) >= 11 is 5.48. The molecule has 0 heterocycles. The van der Waals surface area contributed by atoms with Crippen LogP contribution in [0, 0.1) is 6.92 Å². The third-order valence-electron chi connectivity index (χ3n) is 5.24. The summed E-state index contributed by atoms with van der Waals surface area (Å²) in [6.45, 7) is 2.08. The van der Waals surface area contributed by atoms with Gasteiger partial charge in [0.1, 0.15) is 5.75 Å². The van der Waals surface area contributed by atoms with Gasteiger partial charge < -0.3 is 9.64 Å². The van der Waals surface area contributed by atoms with Gasteiger partial charge in [-0.1, -0.05) is 18.2 Å². The van der Waals surface area contributed by atoms with E-state index in [4.69, 9.17) is 17.0 Å². The van der Waals surface area contributed by atoms with Gasteiger partial charge in [0.25, 0.3) is 5.17 Å². The number of aryl methyl sites for hydroxylation is 1. The first-order valence-corrected chi connectivity index (χ1v) is 8.68. The average Bonchev–Trinajstić information content (AvgIpc) is 3.16. The monoisotopic (exact) mass is 323 g/mol. The number of rotatable bonds is 2. The highest BCUT2D eigenvalue weighted by atomic mass is 32.1. The zero-order chi connectivity index (χ0) is 16.0. The predicted molar refractivity (Wildman–Crippen MR) is 98.6 cm³/mol. The Hall–Kier alpha value is -1.87. The fourth-order valence-electron chi connectivity index (χ4n) is 4.00. The normalized spacial score (nSPS) is 21.1. The summed E-state index contributed by atoms with van der Waals surface area (Å²) in [5.74, 6) is 2.38. The summed E-state index contributed by atoms with van der Waals surface area (Å²) in [4.78, 5) is 1.92. The highest BCUT2D eigenvalue weighted by Gasteiger charge is 2.36. The first kappa shape index (κ1) is 14.7. The molecule has 2 aliphatic carbocycles. The zero-order valence-electron chi connectivity index (χ0n) is 13.6. The Morgan fingerprint density at radius 1 is 1.09 bits per heavy atom. The number of ether oxygens (including phenoxy) is 1. The molecule has 0 aliphatic heterocycles. The number of hydrogen-bond acceptors (Lipinski definition) is 2. The topological polar surface area (TPSA) is 12.5 Å². The molecule has 0 saturated heterocycles. The van der Waals surface area contributed by atoms with Gasteiger partial charge in [0, 0.05) is 12.7 Å². The van der Waals surface area contributed by atoms with Gasteiger partial charge >= 0.3 is 0 Å². The molecule has 118 valence electrons. The van der Waals surface area contributed by atoms with Crippen LogP contribution in [0.5, 0.6) is 5.75 Å². The Bertz CT molecular complexity index is 770. The first-order valence-electron chi connectivity index (χ1n) is 8.28. The molecule has 0 radical (unpaired) electrons. The number of hydrogen-bond donors (Lipinski definition) is 0. The lowest BCUT2D eigenvalue weighted by molar-refractivity contribution is 0.549. The molecule has 1 fully saturated rings. The van der Waals surface area contributed by atoms with Crippen LogP contribution in [0.4, 0.5) is 5.69 Å². The molecule has 2 aliphatic rings. The van der Waals surface area contributed by atoms with Crippen LogP contribution >= 0.6 is 12.2 Å². The van der Waals surface area contributed by atoms with Crippen molar-refractivity contribution < 1.29 is 4.74 Å². The molecule has 4 rings (SSSR count). The maximum atomic E-state index is 5.96. The quantitative estimate of drug-likeness (QED) is 0.708. The highest BCUT2D eigenvalue weighted by Crippen LogP contribution is 2.53. The summed E-state index contributed by atoms with van der Waals surface area (Å²) < 4.78 is 5.96. The van der Waals surface area contributed by atoms with Crippen molar-refractivity contribution in [3.05, 3.63) is 59.2 Å². The van der Waals surface area contributed by atoms with E-state index in [2.05, 4.69) is 37.3 Å². The molecule has 3 heteroatoms. The fourth-order valence-corrected chi connectivity index (χ4v) is 4.20. The zero-order valence-corrected chi connectivity index (χ0v) is 14.4. The van der Waals surface area contributed by atoms with Crippen molar-refractivity contribution in [2.24, 2.45) is 0 Å². The Morgan fingerprint density at radius 3 is 2.65 bits per heavy atom. The first-order chi connectivity index (χ1) is 11.1. The summed E-state index contributed by atoms with van der Waals surface area (Å²) in [6, 6.07) is 14.8. The van der Waals surface area contributed by atoms with E-state index in [1.165, 1.54) is 36.0 Å². The maximum Gasteiger partial charge on any atom is 0.269 e. The van der Waals surface area contributed by atoms with Crippen molar-refractivity contribution in [3.63, 3.8) is 0 Å². The van der Waals surface area contributed by atoms with E-state index >= 15 is 0 Å². The van der Waals surface area contributed by atoms with Gasteiger partial charge in [-0.15, -0.1) is 0 Å². The van der Waals surface area contributed by atoms with Gasteiger partial charge in [0.15, 0.2) is 0 Å². The van der Waals surface area contributed by atoms with E-state index < -0.39 is 0 Å². The van der Waals surface area contributed by atoms with E-state index in [9.17, 15) is 0 Å². The van der Waals surface area contributed by atoms with Crippen molar-refractivity contribution in [1.82, 2.24) is 0 Å². The Labute approximate surface area is 143 Å². The lowest BCUT2D eigenvalue weighted by Gasteiger charge is -2.21. The van der Waals surface area contributed by atoms with Gasteiger partial charge in [0.05, 0.1) is 0 Å². The van der Waals surface area contributed by atoms with Crippen molar-refractivity contribution in [1.29, 1.82) is 0 Å². The lowest BCUT2D eigenvalue weighted by Crippen LogP contribution is -2.29. The molecule has 2 bridgehead atoms. The number of fused-ring (bicyclic) bond motifs is 5. The summed E-state index contributed by atoms with van der Waals surface area (Å²) in [7, 11) is 1.95. The van der Waals surface area contributed by atoms with E-state index in [0.29, 0.717) is 5.17 Å². The van der Waals surface area contributed by atoms with Crippen LogP contribution in [0.15, 0.2) is 42.5 Å². The lowest BCUT2D eigenvalue weighted by atomic mass is 9.92. The number of thiocarbonyl (C=S) groups is 1. The number of benzene rings is 2. The second-order valence-electron chi connectivity index (χ2n) is 6.76. The SMILES string of the molecule is Cc1cccc(N(C)C(=S)Oc2ccc3c(c2)[C@@H]2CC[C@H]3C2)c1.